The van der Waals surface area contributed by atoms with Crippen LogP contribution in [0.4, 0.5) is 8.78 Å². The van der Waals surface area contributed by atoms with E-state index < -0.39 is 11.6 Å². The van der Waals surface area contributed by atoms with Gasteiger partial charge in [-0.25, -0.2) is 8.78 Å². The van der Waals surface area contributed by atoms with E-state index in [4.69, 9.17) is 0 Å². The lowest BCUT2D eigenvalue weighted by atomic mass is 9.87. The Kier molecular flexibility index (Phi) is 5.66. The van der Waals surface area contributed by atoms with E-state index >= 15 is 0 Å². The van der Waals surface area contributed by atoms with Crippen LogP contribution in [0.5, 0.6) is 0 Å². The first kappa shape index (κ1) is 21.3. The molecule has 2 heterocycles. The topological polar surface area (TPSA) is 78.1 Å². The van der Waals surface area contributed by atoms with Gasteiger partial charge in [0.15, 0.2) is 5.69 Å². The summed E-state index contributed by atoms with van der Waals surface area (Å²) in [6.45, 7) is 0.658. The summed E-state index contributed by atoms with van der Waals surface area (Å²) in [7, 11) is 0. The molecule has 1 atom stereocenters. The van der Waals surface area contributed by atoms with Crippen molar-refractivity contribution in [3.8, 4) is 0 Å². The molecule has 5 rings (SSSR count). The Morgan fingerprint density at radius 2 is 2.00 bits per heavy atom. The average molecular weight is 450 g/mol. The first-order valence-corrected chi connectivity index (χ1v) is 11.2. The van der Waals surface area contributed by atoms with Gasteiger partial charge in [-0.15, -0.1) is 0 Å². The first-order valence-electron chi connectivity index (χ1n) is 11.2. The normalized spacial score (nSPS) is 17.3. The van der Waals surface area contributed by atoms with Gasteiger partial charge in [-0.3, -0.25) is 14.7 Å². The van der Waals surface area contributed by atoms with E-state index in [1.54, 1.807) is 4.90 Å². The second-order valence-corrected chi connectivity index (χ2v) is 8.62. The van der Waals surface area contributed by atoms with Crippen molar-refractivity contribution in [1.29, 1.82) is 0 Å². The van der Waals surface area contributed by atoms with Gasteiger partial charge in [0.1, 0.15) is 11.6 Å². The van der Waals surface area contributed by atoms with Crippen LogP contribution in [0.25, 0.3) is 0 Å². The fourth-order valence-electron chi connectivity index (χ4n) is 4.77. The zero-order valence-electron chi connectivity index (χ0n) is 18.0. The van der Waals surface area contributed by atoms with Crippen molar-refractivity contribution in [3.63, 3.8) is 0 Å². The zero-order chi connectivity index (χ0) is 22.9. The summed E-state index contributed by atoms with van der Waals surface area (Å²) in [6.07, 6.45) is 3.23. The lowest BCUT2D eigenvalue weighted by Crippen LogP contribution is -2.38. The molecule has 0 saturated heterocycles. The molecular weight excluding hydrogens is 426 g/mol. The van der Waals surface area contributed by atoms with Crippen LogP contribution in [-0.2, 0) is 30.6 Å². The number of fused-ring (bicyclic) bond motifs is 2. The molecule has 3 aromatic rings. The number of amides is 2. The maximum Gasteiger partial charge on any atom is 0.272 e. The molecule has 6 nitrogen and oxygen atoms in total. The van der Waals surface area contributed by atoms with Gasteiger partial charge in [-0.05, 0) is 42.0 Å². The van der Waals surface area contributed by atoms with E-state index in [0.29, 0.717) is 24.2 Å². The molecule has 33 heavy (non-hydrogen) atoms. The highest BCUT2D eigenvalue weighted by Gasteiger charge is 2.30. The minimum atomic E-state index is -0.739. The Hall–Kier alpha value is -3.55. The molecule has 170 valence electrons. The van der Waals surface area contributed by atoms with Crippen LogP contribution in [0.15, 0.2) is 42.5 Å². The number of aryl methyl sites for hydroxylation is 1. The second kappa shape index (κ2) is 8.77. The largest absolute Gasteiger partial charge is 0.344 e. The highest BCUT2D eigenvalue weighted by atomic mass is 19.1. The number of benzene rings is 2. The molecule has 1 aromatic heterocycles. The molecular formula is C25H24F2N4O2. The number of nitrogens with zero attached hydrogens (tertiary/aromatic N) is 2. The highest BCUT2D eigenvalue weighted by Crippen LogP contribution is 2.30. The van der Waals surface area contributed by atoms with Gasteiger partial charge in [0.05, 0.1) is 12.5 Å². The number of aromatic amines is 1. The molecule has 0 spiro atoms. The summed E-state index contributed by atoms with van der Waals surface area (Å²) < 4.78 is 27.1. The number of aromatic nitrogens is 2. The summed E-state index contributed by atoms with van der Waals surface area (Å²) in [5.41, 5.74) is 4.35. The van der Waals surface area contributed by atoms with Crippen molar-refractivity contribution in [2.75, 3.05) is 6.54 Å². The Labute approximate surface area is 190 Å². The van der Waals surface area contributed by atoms with E-state index in [1.807, 2.05) is 12.1 Å². The van der Waals surface area contributed by atoms with Crippen molar-refractivity contribution in [2.24, 2.45) is 0 Å². The maximum atomic E-state index is 14.0. The van der Waals surface area contributed by atoms with Gasteiger partial charge in [-0.2, -0.15) is 5.10 Å². The van der Waals surface area contributed by atoms with E-state index in [1.165, 1.54) is 11.6 Å². The van der Waals surface area contributed by atoms with E-state index in [0.717, 1.165) is 42.7 Å². The number of carbonyl (C=O) groups is 2. The number of hydrogen-bond donors (Lipinski definition) is 2. The molecule has 2 aromatic carbocycles. The molecule has 8 heteroatoms. The Morgan fingerprint density at radius 3 is 2.85 bits per heavy atom. The number of hydrogen-bond acceptors (Lipinski definition) is 3. The molecule has 1 aliphatic carbocycles. The van der Waals surface area contributed by atoms with Crippen LogP contribution in [0.1, 0.15) is 57.3 Å². The Balaban J connectivity index is 1.30. The van der Waals surface area contributed by atoms with Crippen LogP contribution in [0, 0.1) is 11.6 Å². The predicted octanol–water partition coefficient (Wildman–Crippen LogP) is 3.62. The van der Waals surface area contributed by atoms with E-state index in [9.17, 15) is 18.4 Å². The minimum Gasteiger partial charge on any atom is -0.344 e. The van der Waals surface area contributed by atoms with Crippen molar-refractivity contribution in [3.05, 3.63) is 87.7 Å². The van der Waals surface area contributed by atoms with E-state index in [-0.39, 0.29) is 36.4 Å². The van der Waals surface area contributed by atoms with Crippen LogP contribution in [0.3, 0.4) is 0 Å². The van der Waals surface area contributed by atoms with Gasteiger partial charge >= 0.3 is 0 Å². The number of carbonyl (C=O) groups excluding carboxylic acids is 2. The molecule has 0 bridgehead atoms. The van der Waals surface area contributed by atoms with Gasteiger partial charge in [-0.1, -0.05) is 30.3 Å². The fraction of sp³-hybridized carbons (Fsp3) is 0.320. The third-order valence-electron chi connectivity index (χ3n) is 6.53. The molecule has 0 fully saturated rings. The van der Waals surface area contributed by atoms with E-state index in [2.05, 4.69) is 27.6 Å². The SMILES string of the molecule is O=C(NC1CCCc2ccccc21)c1n[nH]c2c1CN(C(=O)Cc1ccc(F)cc1F)CC2. The highest BCUT2D eigenvalue weighted by molar-refractivity contribution is 5.94. The van der Waals surface area contributed by atoms with Crippen LogP contribution < -0.4 is 5.32 Å². The first-order chi connectivity index (χ1) is 16.0. The molecule has 1 aliphatic heterocycles. The standard InChI is InChI=1S/C25H24F2N4O2/c26-17-9-8-16(20(27)13-17)12-23(32)31-11-10-22-19(14-31)24(30-29-22)25(33)28-21-7-3-5-15-4-1-2-6-18(15)21/h1-2,4,6,8-9,13,21H,3,5,7,10-12,14H2,(H,28,33)(H,29,30). The second-order valence-electron chi connectivity index (χ2n) is 8.62. The lowest BCUT2D eigenvalue weighted by Gasteiger charge is -2.28. The minimum absolute atomic E-state index is 0.0717. The maximum absolute atomic E-state index is 14.0. The Morgan fingerprint density at radius 1 is 1.15 bits per heavy atom. The van der Waals surface area contributed by atoms with Crippen LogP contribution in [0.2, 0.25) is 0 Å². The molecule has 0 saturated carbocycles. The molecule has 1 unspecified atom stereocenters. The summed E-state index contributed by atoms with van der Waals surface area (Å²) >= 11 is 0. The van der Waals surface area contributed by atoms with Crippen molar-refractivity contribution < 1.29 is 18.4 Å². The van der Waals surface area contributed by atoms with Gasteiger partial charge < -0.3 is 10.2 Å². The van der Waals surface area contributed by atoms with Crippen molar-refractivity contribution in [1.82, 2.24) is 20.4 Å². The molecule has 0 radical (unpaired) electrons. The summed E-state index contributed by atoms with van der Waals surface area (Å²) in [5, 5.41) is 10.3. The van der Waals surface area contributed by atoms with Gasteiger partial charge in [0, 0.05) is 36.8 Å². The quantitative estimate of drug-likeness (QED) is 0.637. The third kappa shape index (κ3) is 4.25. The summed E-state index contributed by atoms with van der Waals surface area (Å²) in [4.78, 5) is 27.5. The van der Waals surface area contributed by atoms with Crippen molar-refractivity contribution in [2.45, 2.75) is 44.7 Å². The van der Waals surface area contributed by atoms with Gasteiger partial charge in [0.2, 0.25) is 5.91 Å². The lowest BCUT2D eigenvalue weighted by molar-refractivity contribution is -0.131. The molecule has 2 aliphatic rings. The third-order valence-corrected chi connectivity index (χ3v) is 6.53. The zero-order valence-corrected chi connectivity index (χ0v) is 18.0. The number of rotatable bonds is 4. The summed E-state index contributed by atoms with van der Waals surface area (Å²) in [5.74, 6) is -1.97. The van der Waals surface area contributed by atoms with Crippen molar-refractivity contribution >= 4 is 11.8 Å². The number of nitrogens with one attached hydrogen (secondary N) is 2. The Bertz CT molecular complexity index is 1220. The van der Waals surface area contributed by atoms with Crippen LogP contribution in [-0.4, -0.2) is 33.5 Å². The number of halogens is 2. The number of H-pyrrole nitrogens is 1. The predicted molar refractivity (Wildman–Crippen MR) is 117 cm³/mol. The smallest absolute Gasteiger partial charge is 0.272 e. The van der Waals surface area contributed by atoms with Gasteiger partial charge in [0.25, 0.3) is 5.91 Å². The monoisotopic (exact) mass is 450 g/mol. The molecule has 2 amide bonds. The fourth-order valence-corrected chi connectivity index (χ4v) is 4.77. The summed E-state index contributed by atoms with van der Waals surface area (Å²) in [6, 6.07) is 11.3. The molecule has 2 N–H and O–H groups in total. The van der Waals surface area contributed by atoms with Crippen LogP contribution >= 0.6 is 0 Å². The average Bonchev–Trinajstić information content (AvgIpc) is 3.24.